The van der Waals surface area contributed by atoms with E-state index in [0.717, 1.165) is 24.3 Å². The summed E-state index contributed by atoms with van der Waals surface area (Å²) in [5, 5.41) is 0. The van der Waals surface area contributed by atoms with Gasteiger partial charge >= 0.3 is 18.5 Å². The first kappa shape index (κ1) is 25.9. The average molecular weight is 502 g/mol. The molecule has 0 radical (unpaired) electrons. The van der Waals surface area contributed by atoms with Crippen molar-refractivity contribution in [2.45, 2.75) is 18.5 Å². The molecule has 0 saturated carbocycles. The SMILES string of the molecule is NC(=CC(=Nc1ccc(-c2cccc(C(F)(F)F)c2)cc1)c1ccccc1C(F)(F)F)C(F)(F)F. The van der Waals surface area contributed by atoms with Crippen LogP contribution in [0.2, 0.25) is 0 Å². The zero-order valence-electron chi connectivity index (χ0n) is 17.4. The maximum Gasteiger partial charge on any atom is 0.430 e. The van der Waals surface area contributed by atoms with Gasteiger partial charge in [0.05, 0.1) is 22.5 Å². The lowest BCUT2D eigenvalue weighted by atomic mass is 10.0. The van der Waals surface area contributed by atoms with Gasteiger partial charge in [0.25, 0.3) is 0 Å². The van der Waals surface area contributed by atoms with Crippen LogP contribution in [0.1, 0.15) is 16.7 Å². The van der Waals surface area contributed by atoms with Crippen molar-refractivity contribution >= 4 is 11.4 Å². The number of halogens is 9. The van der Waals surface area contributed by atoms with E-state index in [-0.39, 0.29) is 11.3 Å². The fourth-order valence-corrected chi connectivity index (χ4v) is 3.10. The van der Waals surface area contributed by atoms with Gasteiger partial charge in [0.1, 0.15) is 5.70 Å². The average Bonchev–Trinajstić information content (AvgIpc) is 2.77. The van der Waals surface area contributed by atoms with Crippen LogP contribution in [0.25, 0.3) is 11.1 Å². The number of hydrogen-bond donors (Lipinski definition) is 1. The van der Waals surface area contributed by atoms with Crippen molar-refractivity contribution in [2.75, 3.05) is 0 Å². The summed E-state index contributed by atoms with van der Waals surface area (Å²) in [6.45, 7) is 0. The Bertz CT molecular complexity index is 1250. The summed E-state index contributed by atoms with van der Waals surface area (Å²) in [6, 6.07) is 13.6. The summed E-state index contributed by atoms with van der Waals surface area (Å²) >= 11 is 0. The van der Waals surface area contributed by atoms with Gasteiger partial charge in [-0.1, -0.05) is 42.5 Å². The summed E-state index contributed by atoms with van der Waals surface area (Å²) in [7, 11) is 0. The van der Waals surface area contributed by atoms with Crippen LogP contribution in [-0.4, -0.2) is 11.9 Å². The van der Waals surface area contributed by atoms with Crippen LogP contribution < -0.4 is 5.73 Å². The van der Waals surface area contributed by atoms with Crippen LogP contribution in [0, 0.1) is 0 Å². The molecule has 3 aromatic carbocycles. The van der Waals surface area contributed by atoms with Crippen molar-refractivity contribution in [1.82, 2.24) is 0 Å². The van der Waals surface area contributed by atoms with Crippen LogP contribution in [-0.2, 0) is 12.4 Å². The predicted molar refractivity (Wildman–Crippen MR) is 113 cm³/mol. The monoisotopic (exact) mass is 502 g/mol. The molecule has 3 rings (SSSR count). The van der Waals surface area contributed by atoms with Gasteiger partial charge in [-0.25, -0.2) is 4.99 Å². The highest BCUT2D eigenvalue weighted by molar-refractivity contribution is 6.11. The van der Waals surface area contributed by atoms with Gasteiger partial charge in [-0.3, -0.25) is 0 Å². The van der Waals surface area contributed by atoms with Crippen LogP contribution in [0.5, 0.6) is 0 Å². The Kier molecular flexibility index (Phi) is 7.00. The molecular formula is C24H15F9N2. The molecule has 0 atom stereocenters. The maximum absolute atomic E-state index is 13.5. The van der Waals surface area contributed by atoms with Crippen molar-refractivity contribution in [3.63, 3.8) is 0 Å². The van der Waals surface area contributed by atoms with Gasteiger partial charge in [0, 0.05) is 5.56 Å². The summed E-state index contributed by atoms with van der Waals surface area (Å²) in [4.78, 5) is 3.93. The number of rotatable bonds is 4. The Hall–Kier alpha value is -3.76. The molecule has 35 heavy (non-hydrogen) atoms. The Morgan fingerprint density at radius 2 is 1.31 bits per heavy atom. The number of benzene rings is 3. The van der Waals surface area contributed by atoms with Gasteiger partial charge in [-0.05, 0) is 47.5 Å². The first-order chi connectivity index (χ1) is 16.2. The molecule has 0 aromatic heterocycles. The van der Waals surface area contributed by atoms with Crippen molar-refractivity contribution in [1.29, 1.82) is 0 Å². The van der Waals surface area contributed by atoms with Crippen molar-refractivity contribution in [3.8, 4) is 11.1 Å². The summed E-state index contributed by atoms with van der Waals surface area (Å²) in [5.41, 5.74) is 0.450. The molecule has 0 bridgehead atoms. The molecule has 0 aliphatic carbocycles. The van der Waals surface area contributed by atoms with Crippen LogP contribution in [0.15, 0.2) is 89.6 Å². The molecule has 3 aromatic rings. The number of hydrogen-bond acceptors (Lipinski definition) is 2. The number of nitrogens with two attached hydrogens (primary N) is 1. The fourth-order valence-electron chi connectivity index (χ4n) is 3.10. The summed E-state index contributed by atoms with van der Waals surface area (Å²) < 4.78 is 118. The number of alkyl halides is 9. The highest BCUT2D eigenvalue weighted by atomic mass is 19.4. The van der Waals surface area contributed by atoms with E-state index in [1.165, 1.54) is 42.5 Å². The van der Waals surface area contributed by atoms with Gasteiger partial charge in [-0.2, -0.15) is 39.5 Å². The third kappa shape index (κ3) is 6.43. The van der Waals surface area contributed by atoms with Crippen LogP contribution >= 0.6 is 0 Å². The topological polar surface area (TPSA) is 38.4 Å². The van der Waals surface area contributed by atoms with Gasteiger partial charge in [0.2, 0.25) is 0 Å². The lowest BCUT2D eigenvalue weighted by Crippen LogP contribution is -2.21. The normalized spacial score (nSPS) is 13.7. The molecule has 0 aliphatic rings. The minimum atomic E-state index is -5.01. The molecule has 2 N–H and O–H groups in total. The Balaban J connectivity index is 2.09. The van der Waals surface area contributed by atoms with E-state index in [4.69, 9.17) is 5.73 Å². The summed E-state index contributed by atoms with van der Waals surface area (Å²) in [5.74, 6) is 0. The molecule has 0 saturated heterocycles. The Morgan fingerprint density at radius 3 is 1.89 bits per heavy atom. The molecule has 0 spiro atoms. The first-order valence-corrected chi connectivity index (χ1v) is 9.73. The standard InChI is InChI=1S/C24H15F9N2/c25-22(26,27)16-5-3-4-15(12-16)14-8-10-17(11-9-14)35-20(13-21(34)24(31,32)33)18-6-1-2-7-19(18)23(28,29)30/h1-13H,34H2. The molecule has 0 aliphatic heterocycles. The molecular weight excluding hydrogens is 487 g/mol. The Morgan fingerprint density at radius 1 is 0.686 bits per heavy atom. The predicted octanol–water partition coefficient (Wildman–Crippen LogP) is 7.92. The molecule has 0 unspecified atom stereocenters. The lowest BCUT2D eigenvalue weighted by Gasteiger charge is -2.14. The van der Waals surface area contributed by atoms with Crippen LogP contribution in [0.3, 0.4) is 0 Å². The second-order valence-corrected chi connectivity index (χ2v) is 7.26. The number of aliphatic imine (C=N–C) groups is 1. The smallest absolute Gasteiger partial charge is 0.395 e. The van der Waals surface area contributed by atoms with E-state index in [1.54, 1.807) is 0 Å². The molecule has 11 heteroatoms. The van der Waals surface area contributed by atoms with E-state index < -0.39 is 46.6 Å². The zero-order chi connectivity index (χ0) is 26.0. The van der Waals surface area contributed by atoms with Gasteiger partial charge < -0.3 is 5.73 Å². The second-order valence-electron chi connectivity index (χ2n) is 7.26. The zero-order valence-corrected chi connectivity index (χ0v) is 17.4. The van der Waals surface area contributed by atoms with E-state index in [2.05, 4.69) is 4.99 Å². The summed E-state index contributed by atoms with van der Waals surface area (Å²) in [6.07, 6.45) is -14.2. The highest BCUT2D eigenvalue weighted by Gasteiger charge is 2.36. The van der Waals surface area contributed by atoms with E-state index in [0.29, 0.717) is 17.7 Å². The van der Waals surface area contributed by atoms with Crippen LogP contribution in [0.4, 0.5) is 45.2 Å². The largest absolute Gasteiger partial charge is 0.430 e. The number of allylic oxidation sites excluding steroid dienone is 2. The molecule has 0 amide bonds. The van der Waals surface area contributed by atoms with E-state index >= 15 is 0 Å². The lowest BCUT2D eigenvalue weighted by molar-refractivity contribution is -0.138. The molecule has 0 heterocycles. The van der Waals surface area contributed by atoms with Crippen molar-refractivity contribution in [3.05, 3.63) is 101 Å². The molecule has 184 valence electrons. The third-order valence-corrected chi connectivity index (χ3v) is 4.77. The maximum atomic E-state index is 13.5. The highest BCUT2D eigenvalue weighted by Crippen LogP contribution is 2.35. The first-order valence-electron chi connectivity index (χ1n) is 9.73. The van der Waals surface area contributed by atoms with E-state index in [9.17, 15) is 39.5 Å². The minimum Gasteiger partial charge on any atom is -0.395 e. The second kappa shape index (κ2) is 9.47. The number of nitrogens with zero attached hydrogens (tertiary/aromatic N) is 1. The van der Waals surface area contributed by atoms with Gasteiger partial charge in [0.15, 0.2) is 0 Å². The minimum absolute atomic E-state index is 0.0427. The van der Waals surface area contributed by atoms with Gasteiger partial charge in [-0.15, -0.1) is 0 Å². The van der Waals surface area contributed by atoms with E-state index in [1.807, 2.05) is 0 Å². The van der Waals surface area contributed by atoms with Crippen molar-refractivity contribution in [2.24, 2.45) is 10.7 Å². The molecule has 0 fully saturated rings. The quantitative estimate of drug-likeness (QED) is 0.286. The third-order valence-electron chi connectivity index (χ3n) is 4.77. The molecule has 2 nitrogen and oxygen atoms in total. The fraction of sp³-hybridized carbons (Fsp3) is 0.125. The Labute approximate surface area is 193 Å². The van der Waals surface area contributed by atoms with Crippen molar-refractivity contribution < 1.29 is 39.5 Å².